The number of rotatable bonds is 4. The molecule has 0 spiro atoms. The summed E-state index contributed by atoms with van der Waals surface area (Å²) in [6.45, 7) is 0. The van der Waals surface area contributed by atoms with Gasteiger partial charge in [-0.25, -0.2) is 4.39 Å². The maximum Gasteiger partial charge on any atom is 0.295 e. The van der Waals surface area contributed by atoms with Crippen molar-refractivity contribution in [2.75, 3.05) is 12.4 Å². The molecule has 2 atom stereocenters. The zero-order chi connectivity index (χ0) is 13.8. The highest BCUT2D eigenvalue weighted by Crippen LogP contribution is 2.31. The number of benzene rings is 1. The van der Waals surface area contributed by atoms with Crippen molar-refractivity contribution in [3.63, 3.8) is 0 Å². The molecule has 104 valence electrons. The van der Waals surface area contributed by atoms with Gasteiger partial charge in [0.1, 0.15) is 5.69 Å². The van der Waals surface area contributed by atoms with E-state index in [1.807, 2.05) is 0 Å². The van der Waals surface area contributed by atoms with Crippen LogP contribution < -0.4 is 5.32 Å². The fourth-order valence-electron chi connectivity index (χ4n) is 2.54. The second-order valence-electron chi connectivity index (χ2n) is 4.70. The largest absolute Gasteiger partial charge is 0.379 e. The summed E-state index contributed by atoms with van der Waals surface area (Å²) in [6, 6.07) is 3.78. The SMILES string of the molecule is COC1CCCCC1Nc1c(F)cccc1[N+](=O)[O-]. The molecular weight excluding hydrogens is 251 g/mol. The number of nitrogens with zero attached hydrogens (tertiary/aromatic N) is 1. The molecule has 1 aliphatic carbocycles. The van der Waals surface area contributed by atoms with Gasteiger partial charge in [0.25, 0.3) is 5.69 Å². The van der Waals surface area contributed by atoms with Crippen LogP contribution in [0.4, 0.5) is 15.8 Å². The number of hydrogen-bond acceptors (Lipinski definition) is 4. The standard InChI is InChI=1S/C13H17FN2O3/c1-19-12-8-3-2-6-10(12)15-13-9(14)5-4-7-11(13)16(17)18/h4-5,7,10,12,15H,2-3,6,8H2,1H3. The van der Waals surface area contributed by atoms with Crippen molar-refractivity contribution in [3.8, 4) is 0 Å². The third-order valence-electron chi connectivity index (χ3n) is 3.52. The molecule has 1 aromatic rings. The molecule has 2 unspecified atom stereocenters. The Morgan fingerprint density at radius 2 is 2.16 bits per heavy atom. The van der Waals surface area contributed by atoms with E-state index in [-0.39, 0.29) is 23.5 Å². The Bertz CT molecular complexity index is 467. The van der Waals surface area contributed by atoms with Crippen LogP contribution in [0.2, 0.25) is 0 Å². The van der Waals surface area contributed by atoms with Gasteiger partial charge in [-0.15, -0.1) is 0 Å². The topological polar surface area (TPSA) is 64.4 Å². The number of nitrogens with one attached hydrogen (secondary N) is 1. The van der Waals surface area contributed by atoms with Gasteiger partial charge in [0.2, 0.25) is 0 Å². The van der Waals surface area contributed by atoms with Crippen molar-refractivity contribution < 1.29 is 14.1 Å². The lowest BCUT2D eigenvalue weighted by Crippen LogP contribution is -2.38. The Kier molecular flexibility index (Phi) is 4.31. The van der Waals surface area contributed by atoms with E-state index in [9.17, 15) is 14.5 Å². The lowest BCUT2D eigenvalue weighted by molar-refractivity contribution is -0.384. The first kappa shape index (κ1) is 13.7. The predicted octanol–water partition coefficient (Wildman–Crippen LogP) is 3.10. The molecule has 1 aromatic carbocycles. The van der Waals surface area contributed by atoms with Gasteiger partial charge in [0.05, 0.1) is 17.1 Å². The van der Waals surface area contributed by atoms with E-state index in [0.29, 0.717) is 0 Å². The van der Waals surface area contributed by atoms with Crippen LogP contribution in [0.1, 0.15) is 25.7 Å². The highest BCUT2D eigenvalue weighted by Gasteiger charge is 2.28. The van der Waals surface area contributed by atoms with Crippen molar-refractivity contribution in [1.82, 2.24) is 0 Å². The second kappa shape index (κ2) is 5.97. The van der Waals surface area contributed by atoms with Gasteiger partial charge in [-0.1, -0.05) is 18.9 Å². The average Bonchev–Trinajstić information content (AvgIpc) is 2.41. The van der Waals surface area contributed by atoms with E-state index < -0.39 is 10.7 Å². The maximum absolute atomic E-state index is 13.8. The first-order valence-electron chi connectivity index (χ1n) is 6.35. The van der Waals surface area contributed by atoms with Gasteiger partial charge in [0.15, 0.2) is 5.82 Å². The predicted molar refractivity (Wildman–Crippen MR) is 69.7 cm³/mol. The number of nitro benzene ring substituents is 1. The van der Waals surface area contributed by atoms with Crippen molar-refractivity contribution in [3.05, 3.63) is 34.1 Å². The summed E-state index contributed by atoms with van der Waals surface area (Å²) in [6.07, 6.45) is 3.75. The fourth-order valence-corrected chi connectivity index (χ4v) is 2.54. The van der Waals surface area contributed by atoms with Crippen LogP contribution in [0.25, 0.3) is 0 Å². The van der Waals surface area contributed by atoms with Gasteiger partial charge < -0.3 is 10.1 Å². The van der Waals surface area contributed by atoms with Crippen molar-refractivity contribution >= 4 is 11.4 Å². The molecule has 0 heterocycles. The van der Waals surface area contributed by atoms with Gasteiger partial charge in [-0.05, 0) is 18.9 Å². The van der Waals surface area contributed by atoms with Crippen LogP contribution in [-0.2, 0) is 4.74 Å². The minimum atomic E-state index is -0.602. The lowest BCUT2D eigenvalue weighted by atomic mass is 9.92. The first-order chi connectivity index (χ1) is 9.13. The third kappa shape index (κ3) is 3.01. The smallest absolute Gasteiger partial charge is 0.295 e. The number of methoxy groups -OCH3 is 1. The monoisotopic (exact) mass is 268 g/mol. The van der Waals surface area contributed by atoms with Crippen LogP contribution >= 0.6 is 0 Å². The molecule has 0 aromatic heterocycles. The third-order valence-corrected chi connectivity index (χ3v) is 3.52. The van der Waals surface area contributed by atoms with Crippen molar-refractivity contribution in [1.29, 1.82) is 0 Å². The molecular formula is C13H17FN2O3. The normalized spacial score (nSPS) is 23.1. The quantitative estimate of drug-likeness (QED) is 0.673. The summed E-state index contributed by atoms with van der Waals surface area (Å²) in [5.41, 5.74) is -0.276. The average molecular weight is 268 g/mol. The van der Waals surface area contributed by atoms with E-state index in [1.54, 1.807) is 7.11 Å². The van der Waals surface area contributed by atoms with Gasteiger partial charge in [-0.3, -0.25) is 10.1 Å². The van der Waals surface area contributed by atoms with E-state index in [4.69, 9.17) is 4.74 Å². The zero-order valence-electron chi connectivity index (χ0n) is 10.8. The molecule has 19 heavy (non-hydrogen) atoms. The van der Waals surface area contributed by atoms with Crippen LogP contribution in [0, 0.1) is 15.9 Å². The van der Waals surface area contributed by atoms with E-state index in [2.05, 4.69) is 5.32 Å². The van der Waals surface area contributed by atoms with Gasteiger partial charge >= 0.3 is 0 Å². The molecule has 0 amide bonds. The van der Waals surface area contributed by atoms with E-state index in [0.717, 1.165) is 25.7 Å². The molecule has 1 N–H and O–H groups in total. The van der Waals surface area contributed by atoms with Gasteiger partial charge in [0, 0.05) is 13.2 Å². The molecule has 0 bridgehead atoms. The summed E-state index contributed by atoms with van der Waals surface area (Å²) in [5.74, 6) is -0.602. The van der Waals surface area contributed by atoms with Crippen molar-refractivity contribution in [2.45, 2.75) is 37.8 Å². The molecule has 2 rings (SSSR count). The zero-order valence-corrected chi connectivity index (χ0v) is 10.8. The molecule has 1 saturated carbocycles. The number of para-hydroxylation sites is 1. The molecule has 6 heteroatoms. The number of hydrogen-bond donors (Lipinski definition) is 1. The number of nitro groups is 1. The number of halogens is 1. The lowest BCUT2D eigenvalue weighted by Gasteiger charge is -2.31. The fraction of sp³-hybridized carbons (Fsp3) is 0.538. The van der Waals surface area contributed by atoms with E-state index in [1.165, 1.54) is 18.2 Å². The Labute approximate surface area is 110 Å². The van der Waals surface area contributed by atoms with Crippen LogP contribution in [0.3, 0.4) is 0 Å². The summed E-state index contributed by atoms with van der Waals surface area (Å²) in [7, 11) is 1.61. The minimum absolute atomic E-state index is 0.0343. The summed E-state index contributed by atoms with van der Waals surface area (Å²) < 4.78 is 19.2. The molecule has 0 aliphatic heterocycles. The molecule has 1 fully saturated rings. The summed E-state index contributed by atoms with van der Waals surface area (Å²) >= 11 is 0. The van der Waals surface area contributed by atoms with Crippen LogP contribution in [-0.4, -0.2) is 24.2 Å². The van der Waals surface area contributed by atoms with E-state index >= 15 is 0 Å². The number of anilines is 1. The highest BCUT2D eigenvalue weighted by atomic mass is 19.1. The summed E-state index contributed by atoms with van der Waals surface area (Å²) in [5, 5.41) is 13.9. The summed E-state index contributed by atoms with van der Waals surface area (Å²) in [4.78, 5) is 10.4. The van der Waals surface area contributed by atoms with Crippen molar-refractivity contribution in [2.24, 2.45) is 0 Å². The molecule has 0 saturated heterocycles. The van der Waals surface area contributed by atoms with Gasteiger partial charge in [-0.2, -0.15) is 0 Å². The first-order valence-corrected chi connectivity index (χ1v) is 6.35. The Morgan fingerprint density at radius 3 is 2.84 bits per heavy atom. The Hall–Kier alpha value is -1.69. The molecule has 1 aliphatic rings. The van der Waals surface area contributed by atoms with Crippen LogP contribution in [0.5, 0.6) is 0 Å². The van der Waals surface area contributed by atoms with Crippen LogP contribution in [0.15, 0.2) is 18.2 Å². The molecule has 5 nitrogen and oxygen atoms in total. The second-order valence-corrected chi connectivity index (χ2v) is 4.70. The minimum Gasteiger partial charge on any atom is -0.379 e. The Morgan fingerprint density at radius 1 is 1.42 bits per heavy atom. The molecule has 0 radical (unpaired) electrons. The number of ether oxygens (including phenoxy) is 1. The maximum atomic E-state index is 13.8. The highest BCUT2D eigenvalue weighted by molar-refractivity contribution is 5.62. The Balaban J connectivity index is 2.24.